The molecule has 0 unspecified atom stereocenters. The fraction of sp³-hybridized carbons (Fsp3) is 1.00. The molecule has 0 saturated carbocycles. The van der Waals surface area contributed by atoms with Gasteiger partial charge in [-0.1, -0.05) is 20.8 Å². The molecule has 0 spiro atoms. The van der Waals surface area contributed by atoms with E-state index in [1.807, 2.05) is 0 Å². The lowest BCUT2D eigenvalue weighted by Crippen LogP contribution is -2.36. The highest BCUT2D eigenvalue weighted by Gasteiger charge is 2.26. The third-order valence-electron chi connectivity index (χ3n) is 1.79. The van der Waals surface area contributed by atoms with Gasteiger partial charge in [0, 0.05) is 25.6 Å². The van der Waals surface area contributed by atoms with E-state index in [9.17, 15) is 0 Å². The van der Waals surface area contributed by atoms with Crippen LogP contribution < -0.4 is 0 Å². The summed E-state index contributed by atoms with van der Waals surface area (Å²) < 4.78 is 14.0. The predicted molar refractivity (Wildman–Crippen MR) is 57.5 cm³/mol. The standard InChI is InChI=1S/C5H10O.C4H8O.C2H6O/c1-5(2)3-6-4-5;1-4-2-5-3-4;1-3-2/h3-4H2,1-2H3;4H,2-3H2,1H3;1-2H3. The van der Waals surface area contributed by atoms with E-state index >= 15 is 0 Å². The van der Waals surface area contributed by atoms with Crippen LogP contribution in [0, 0.1) is 11.3 Å². The Hall–Kier alpha value is -0.120. The predicted octanol–water partition coefficient (Wildman–Crippen LogP) is 1.96. The van der Waals surface area contributed by atoms with Crippen LogP contribution in [0.1, 0.15) is 20.8 Å². The van der Waals surface area contributed by atoms with Crippen molar-refractivity contribution in [2.45, 2.75) is 20.8 Å². The fourth-order valence-electron chi connectivity index (χ4n) is 0.864. The first-order chi connectivity index (χ1) is 6.52. The second kappa shape index (κ2) is 7.21. The molecule has 0 aliphatic carbocycles. The second-order valence-electron chi connectivity index (χ2n) is 4.71. The number of hydrogen-bond donors (Lipinski definition) is 0. The molecule has 2 aliphatic heterocycles. The molecule has 0 amide bonds. The summed E-state index contributed by atoms with van der Waals surface area (Å²) in [5.41, 5.74) is 0.500. The molecule has 0 radical (unpaired) electrons. The molecule has 0 aromatic rings. The van der Waals surface area contributed by atoms with E-state index in [2.05, 4.69) is 25.5 Å². The largest absolute Gasteiger partial charge is 0.388 e. The van der Waals surface area contributed by atoms with E-state index in [-0.39, 0.29) is 0 Å². The molecule has 0 bridgehead atoms. The van der Waals surface area contributed by atoms with E-state index in [0.717, 1.165) is 32.3 Å². The topological polar surface area (TPSA) is 27.7 Å². The summed E-state index contributed by atoms with van der Waals surface area (Å²) >= 11 is 0. The Balaban J connectivity index is 0.000000193. The zero-order valence-electron chi connectivity index (χ0n) is 10.1. The minimum absolute atomic E-state index is 0.500. The molecule has 0 aromatic carbocycles. The molecule has 0 N–H and O–H groups in total. The average molecular weight is 204 g/mol. The van der Waals surface area contributed by atoms with Crippen molar-refractivity contribution in [3.8, 4) is 0 Å². The molecule has 2 saturated heterocycles. The highest BCUT2D eigenvalue weighted by atomic mass is 16.5. The summed E-state index contributed by atoms with van der Waals surface area (Å²) in [6.07, 6.45) is 0. The molecule has 2 heterocycles. The minimum atomic E-state index is 0.500. The van der Waals surface area contributed by atoms with E-state index in [4.69, 9.17) is 9.47 Å². The van der Waals surface area contributed by atoms with Crippen LogP contribution in [0.25, 0.3) is 0 Å². The van der Waals surface area contributed by atoms with Gasteiger partial charge in [0.15, 0.2) is 0 Å². The Kier molecular flexibility index (Phi) is 7.15. The first-order valence-electron chi connectivity index (χ1n) is 5.07. The first kappa shape index (κ1) is 13.9. The molecule has 2 aliphatic rings. The Morgan fingerprint density at radius 3 is 1.36 bits per heavy atom. The van der Waals surface area contributed by atoms with Crippen LogP contribution in [-0.2, 0) is 14.2 Å². The van der Waals surface area contributed by atoms with Crippen LogP contribution in [0.2, 0.25) is 0 Å². The van der Waals surface area contributed by atoms with Gasteiger partial charge in [-0.2, -0.15) is 0 Å². The number of hydrogen-bond acceptors (Lipinski definition) is 3. The summed E-state index contributed by atoms with van der Waals surface area (Å²) in [6, 6.07) is 0. The van der Waals surface area contributed by atoms with E-state index in [1.165, 1.54) is 0 Å². The van der Waals surface area contributed by atoms with Gasteiger partial charge in [0.25, 0.3) is 0 Å². The molecule has 3 heteroatoms. The number of methoxy groups -OCH3 is 1. The van der Waals surface area contributed by atoms with Crippen LogP contribution in [-0.4, -0.2) is 40.6 Å². The molecule has 2 fully saturated rings. The van der Waals surface area contributed by atoms with Gasteiger partial charge in [-0.15, -0.1) is 0 Å². The zero-order chi connectivity index (χ0) is 11.0. The lowest BCUT2D eigenvalue weighted by Gasteiger charge is -2.33. The Bertz CT molecular complexity index is 124. The lowest BCUT2D eigenvalue weighted by molar-refractivity contribution is -0.0892. The zero-order valence-corrected chi connectivity index (χ0v) is 10.1. The van der Waals surface area contributed by atoms with Gasteiger partial charge < -0.3 is 14.2 Å². The smallest absolute Gasteiger partial charge is 0.0539 e. The van der Waals surface area contributed by atoms with Gasteiger partial charge in [-0.3, -0.25) is 0 Å². The third-order valence-corrected chi connectivity index (χ3v) is 1.79. The van der Waals surface area contributed by atoms with Gasteiger partial charge in [0.1, 0.15) is 0 Å². The average Bonchev–Trinajstić information content (AvgIpc) is 2.01. The Labute approximate surface area is 87.7 Å². The lowest BCUT2D eigenvalue weighted by atomic mass is 9.92. The molecule has 3 nitrogen and oxygen atoms in total. The van der Waals surface area contributed by atoms with E-state index < -0.39 is 0 Å². The molecular formula is C11H24O3. The van der Waals surface area contributed by atoms with Gasteiger partial charge in [-0.05, 0) is 0 Å². The van der Waals surface area contributed by atoms with Gasteiger partial charge in [0.2, 0.25) is 0 Å². The van der Waals surface area contributed by atoms with Crippen LogP contribution in [0.15, 0.2) is 0 Å². The highest BCUT2D eigenvalue weighted by molar-refractivity contribution is 4.73. The van der Waals surface area contributed by atoms with Crippen molar-refractivity contribution in [2.24, 2.45) is 11.3 Å². The SMILES string of the molecule is CC1(C)COC1.CC1COC1.COC. The number of ether oxygens (including phenoxy) is 3. The molecule has 14 heavy (non-hydrogen) atoms. The van der Waals surface area contributed by atoms with Crippen molar-refractivity contribution in [3.63, 3.8) is 0 Å². The van der Waals surface area contributed by atoms with Crippen LogP contribution in [0.5, 0.6) is 0 Å². The quantitative estimate of drug-likeness (QED) is 0.603. The summed E-state index contributed by atoms with van der Waals surface area (Å²) in [5, 5.41) is 0. The summed E-state index contributed by atoms with van der Waals surface area (Å²) in [5.74, 6) is 0.843. The molecule has 0 aromatic heterocycles. The molecule has 2 rings (SSSR count). The van der Waals surface area contributed by atoms with Crippen molar-refractivity contribution < 1.29 is 14.2 Å². The van der Waals surface area contributed by atoms with Crippen LogP contribution >= 0.6 is 0 Å². The van der Waals surface area contributed by atoms with Crippen molar-refractivity contribution in [1.82, 2.24) is 0 Å². The summed E-state index contributed by atoms with van der Waals surface area (Å²) in [7, 11) is 3.25. The number of rotatable bonds is 0. The summed E-state index contributed by atoms with van der Waals surface area (Å²) in [6.45, 7) is 10.5. The van der Waals surface area contributed by atoms with Crippen molar-refractivity contribution in [1.29, 1.82) is 0 Å². The molecule has 86 valence electrons. The first-order valence-corrected chi connectivity index (χ1v) is 5.07. The maximum Gasteiger partial charge on any atom is 0.0539 e. The monoisotopic (exact) mass is 204 g/mol. The molecule has 0 atom stereocenters. The van der Waals surface area contributed by atoms with Crippen molar-refractivity contribution >= 4 is 0 Å². The fourth-order valence-corrected chi connectivity index (χ4v) is 0.864. The van der Waals surface area contributed by atoms with Crippen molar-refractivity contribution in [3.05, 3.63) is 0 Å². The van der Waals surface area contributed by atoms with Gasteiger partial charge >= 0.3 is 0 Å². The van der Waals surface area contributed by atoms with Crippen LogP contribution in [0.4, 0.5) is 0 Å². The Morgan fingerprint density at radius 2 is 1.36 bits per heavy atom. The third kappa shape index (κ3) is 7.30. The van der Waals surface area contributed by atoms with Gasteiger partial charge in [-0.25, -0.2) is 0 Å². The normalized spacial score (nSPS) is 22.9. The molecular weight excluding hydrogens is 180 g/mol. The minimum Gasteiger partial charge on any atom is -0.388 e. The summed E-state index contributed by atoms with van der Waals surface area (Å²) in [4.78, 5) is 0. The van der Waals surface area contributed by atoms with Crippen LogP contribution in [0.3, 0.4) is 0 Å². The van der Waals surface area contributed by atoms with Crippen molar-refractivity contribution in [2.75, 3.05) is 40.6 Å². The second-order valence-corrected chi connectivity index (χ2v) is 4.71. The van der Waals surface area contributed by atoms with E-state index in [0.29, 0.717) is 5.41 Å². The maximum atomic E-state index is 4.94. The maximum absolute atomic E-state index is 4.94. The van der Waals surface area contributed by atoms with E-state index in [1.54, 1.807) is 14.2 Å². The van der Waals surface area contributed by atoms with Gasteiger partial charge in [0.05, 0.1) is 26.4 Å². The Morgan fingerprint density at radius 1 is 1.07 bits per heavy atom. The highest BCUT2D eigenvalue weighted by Crippen LogP contribution is 2.24.